The van der Waals surface area contributed by atoms with E-state index in [0.717, 1.165) is 0 Å². The van der Waals surface area contributed by atoms with Crippen molar-refractivity contribution in [1.29, 1.82) is 0 Å². The van der Waals surface area contributed by atoms with Crippen LogP contribution in [0.2, 0.25) is 0 Å². The molecule has 0 bridgehead atoms. The van der Waals surface area contributed by atoms with Gasteiger partial charge in [0.1, 0.15) is 0 Å². The van der Waals surface area contributed by atoms with Crippen molar-refractivity contribution in [3.05, 3.63) is 59.7 Å². The molecule has 1 aromatic heterocycles. The summed E-state index contributed by atoms with van der Waals surface area (Å²) in [4.78, 5) is 3.61. The maximum atomic E-state index is 3.61. The number of benzene rings is 2. The second-order valence-electron chi connectivity index (χ2n) is 5.04. The average Bonchev–Trinajstić information content (AvgIpc) is 2.92. The lowest BCUT2D eigenvalue weighted by molar-refractivity contribution is 0.811. The molecular formula is C19H21N. The molecule has 1 heterocycles. The average molecular weight is 263 g/mol. The van der Waals surface area contributed by atoms with E-state index >= 15 is 0 Å². The largest absolute Gasteiger partial charge is 0.354 e. The third-order valence-electron chi connectivity index (χ3n) is 3.95. The second-order valence-corrected chi connectivity index (χ2v) is 5.04. The van der Waals surface area contributed by atoms with E-state index in [1.54, 1.807) is 0 Å². The number of rotatable bonds is 1. The lowest BCUT2D eigenvalue weighted by Crippen LogP contribution is -1.99. The van der Waals surface area contributed by atoms with Gasteiger partial charge in [-0.3, -0.25) is 0 Å². The standard InChI is InChI=1S/C17H15N.C2H6/c1-2-6-13(7-3-1)17-14-10-4-8-12-9-5-11-15(18-17)16(12)14;1-2/h1-3,5-7,9,11,18H,4,8,10H2;1-2H3. The highest BCUT2D eigenvalue weighted by Gasteiger charge is 2.18. The van der Waals surface area contributed by atoms with Gasteiger partial charge < -0.3 is 4.98 Å². The minimum Gasteiger partial charge on any atom is -0.354 e. The molecule has 4 rings (SSSR count). The van der Waals surface area contributed by atoms with Gasteiger partial charge in [-0.25, -0.2) is 0 Å². The van der Waals surface area contributed by atoms with Crippen LogP contribution in [0.25, 0.3) is 22.2 Å². The molecule has 20 heavy (non-hydrogen) atoms. The molecule has 0 unspecified atom stereocenters. The highest BCUT2D eigenvalue weighted by molar-refractivity contribution is 5.93. The van der Waals surface area contributed by atoms with E-state index in [9.17, 15) is 0 Å². The van der Waals surface area contributed by atoms with Gasteiger partial charge in [0.05, 0.1) is 0 Å². The number of aryl methyl sites for hydroxylation is 2. The first-order chi connectivity index (χ1) is 9.93. The summed E-state index contributed by atoms with van der Waals surface area (Å²) in [5, 5.41) is 1.47. The number of hydrogen-bond donors (Lipinski definition) is 1. The Morgan fingerprint density at radius 2 is 1.65 bits per heavy atom. The first-order valence-corrected chi connectivity index (χ1v) is 7.61. The Balaban J connectivity index is 0.000000581. The molecule has 2 aromatic carbocycles. The fraction of sp³-hybridized carbons (Fsp3) is 0.263. The van der Waals surface area contributed by atoms with Crippen LogP contribution >= 0.6 is 0 Å². The van der Waals surface area contributed by atoms with Crippen LogP contribution in [0.1, 0.15) is 31.4 Å². The lowest BCUT2D eigenvalue weighted by atomic mass is 9.90. The van der Waals surface area contributed by atoms with Crippen LogP contribution in [0, 0.1) is 0 Å². The van der Waals surface area contributed by atoms with Crippen molar-refractivity contribution in [3.8, 4) is 11.3 Å². The highest BCUT2D eigenvalue weighted by atomic mass is 14.7. The van der Waals surface area contributed by atoms with Gasteiger partial charge in [0.25, 0.3) is 0 Å². The number of H-pyrrole nitrogens is 1. The monoisotopic (exact) mass is 263 g/mol. The zero-order valence-corrected chi connectivity index (χ0v) is 12.2. The summed E-state index contributed by atoms with van der Waals surface area (Å²) in [6.07, 6.45) is 3.68. The van der Waals surface area contributed by atoms with E-state index in [2.05, 4.69) is 53.5 Å². The third-order valence-corrected chi connectivity index (χ3v) is 3.95. The maximum absolute atomic E-state index is 3.61. The Bertz CT molecular complexity index is 707. The third kappa shape index (κ3) is 2.03. The fourth-order valence-corrected chi connectivity index (χ4v) is 3.16. The quantitative estimate of drug-likeness (QED) is 0.609. The van der Waals surface area contributed by atoms with Crippen LogP contribution in [-0.2, 0) is 12.8 Å². The minimum absolute atomic E-state index is 1.20. The van der Waals surface area contributed by atoms with E-state index in [1.165, 1.54) is 52.5 Å². The number of hydrogen-bond acceptors (Lipinski definition) is 0. The molecule has 1 nitrogen and oxygen atoms in total. The normalized spacial score (nSPS) is 12.9. The van der Waals surface area contributed by atoms with Crippen molar-refractivity contribution >= 4 is 10.9 Å². The molecule has 1 aliphatic rings. The van der Waals surface area contributed by atoms with E-state index < -0.39 is 0 Å². The van der Waals surface area contributed by atoms with E-state index in [0.29, 0.717) is 0 Å². The SMILES string of the molecule is CC.c1ccc(-c2[nH]c3cccc4c3c2CCC4)cc1. The summed E-state index contributed by atoms with van der Waals surface area (Å²) in [5.74, 6) is 0. The summed E-state index contributed by atoms with van der Waals surface area (Å²) in [5.41, 5.74) is 6.93. The van der Waals surface area contributed by atoms with Gasteiger partial charge in [0.2, 0.25) is 0 Å². The van der Waals surface area contributed by atoms with Crippen molar-refractivity contribution < 1.29 is 0 Å². The van der Waals surface area contributed by atoms with Gasteiger partial charge in [-0.1, -0.05) is 56.3 Å². The predicted molar refractivity (Wildman–Crippen MR) is 87.1 cm³/mol. The lowest BCUT2D eigenvalue weighted by Gasteiger charge is -2.13. The van der Waals surface area contributed by atoms with Gasteiger partial charge in [0.15, 0.2) is 0 Å². The Morgan fingerprint density at radius 3 is 2.45 bits per heavy atom. The molecule has 102 valence electrons. The van der Waals surface area contributed by atoms with Crippen LogP contribution in [0.5, 0.6) is 0 Å². The highest BCUT2D eigenvalue weighted by Crippen LogP contribution is 2.36. The molecule has 0 spiro atoms. The van der Waals surface area contributed by atoms with Crippen LogP contribution < -0.4 is 0 Å². The van der Waals surface area contributed by atoms with E-state index in [-0.39, 0.29) is 0 Å². The number of aromatic amines is 1. The minimum atomic E-state index is 1.20. The summed E-state index contributed by atoms with van der Waals surface area (Å²) < 4.78 is 0. The van der Waals surface area contributed by atoms with Crippen LogP contribution in [-0.4, -0.2) is 4.98 Å². The van der Waals surface area contributed by atoms with Crippen molar-refractivity contribution in [1.82, 2.24) is 4.98 Å². The van der Waals surface area contributed by atoms with Crippen molar-refractivity contribution in [2.24, 2.45) is 0 Å². The topological polar surface area (TPSA) is 15.8 Å². The van der Waals surface area contributed by atoms with Gasteiger partial charge in [-0.15, -0.1) is 0 Å². The molecule has 0 atom stereocenters. The van der Waals surface area contributed by atoms with Crippen LogP contribution in [0.15, 0.2) is 48.5 Å². The smallest absolute Gasteiger partial charge is 0.0497 e. The number of aromatic nitrogens is 1. The van der Waals surface area contributed by atoms with Crippen molar-refractivity contribution in [2.75, 3.05) is 0 Å². The molecule has 1 aliphatic carbocycles. The second kappa shape index (κ2) is 5.54. The van der Waals surface area contributed by atoms with E-state index in [4.69, 9.17) is 0 Å². The van der Waals surface area contributed by atoms with Gasteiger partial charge in [0, 0.05) is 16.6 Å². The van der Waals surface area contributed by atoms with Crippen LogP contribution in [0.3, 0.4) is 0 Å². The molecule has 0 saturated carbocycles. The fourth-order valence-electron chi connectivity index (χ4n) is 3.16. The predicted octanol–water partition coefficient (Wildman–Crippen LogP) is 5.35. The number of nitrogens with one attached hydrogen (secondary N) is 1. The molecule has 0 aliphatic heterocycles. The Kier molecular flexibility index (Phi) is 3.60. The first kappa shape index (κ1) is 13.0. The summed E-state index contributed by atoms with van der Waals surface area (Å²) in [6.45, 7) is 4.00. The Hall–Kier alpha value is -2.02. The molecular weight excluding hydrogens is 242 g/mol. The van der Waals surface area contributed by atoms with Crippen molar-refractivity contribution in [2.45, 2.75) is 33.1 Å². The maximum Gasteiger partial charge on any atom is 0.0497 e. The molecule has 1 N–H and O–H groups in total. The molecule has 0 fully saturated rings. The van der Waals surface area contributed by atoms with Gasteiger partial charge >= 0.3 is 0 Å². The molecule has 0 amide bonds. The zero-order chi connectivity index (χ0) is 13.9. The van der Waals surface area contributed by atoms with Gasteiger partial charge in [-0.05, 0) is 42.0 Å². The molecule has 0 saturated heterocycles. The molecule has 3 aromatic rings. The summed E-state index contributed by atoms with van der Waals surface area (Å²) in [7, 11) is 0. The summed E-state index contributed by atoms with van der Waals surface area (Å²) in [6, 6.07) is 17.3. The van der Waals surface area contributed by atoms with Crippen LogP contribution in [0.4, 0.5) is 0 Å². The first-order valence-electron chi connectivity index (χ1n) is 7.61. The molecule has 0 radical (unpaired) electrons. The Morgan fingerprint density at radius 1 is 0.850 bits per heavy atom. The van der Waals surface area contributed by atoms with Crippen molar-refractivity contribution in [3.63, 3.8) is 0 Å². The Labute approximate surface area is 120 Å². The zero-order valence-electron chi connectivity index (χ0n) is 12.2. The molecule has 1 heteroatoms. The van der Waals surface area contributed by atoms with Gasteiger partial charge in [-0.2, -0.15) is 0 Å². The van der Waals surface area contributed by atoms with E-state index in [1.807, 2.05) is 13.8 Å². The summed E-state index contributed by atoms with van der Waals surface area (Å²) >= 11 is 0.